The molecule has 0 radical (unpaired) electrons. The quantitative estimate of drug-likeness (QED) is 0.109. The number of aromatic hydroxyl groups is 2. The highest BCUT2D eigenvalue weighted by Gasteiger charge is 2.40. The van der Waals surface area contributed by atoms with Gasteiger partial charge < -0.3 is 49.0 Å². The second-order valence-corrected chi connectivity index (χ2v) is 24.3. The van der Waals surface area contributed by atoms with Gasteiger partial charge in [0, 0.05) is 46.1 Å². The van der Waals surface area contributed by atoms with Crippen LogP contribution in [0.2, 0.25) is 12.1 Å². The molecule has 6 atom stereocenters. The fourth-order valence-corrected chi connectivity index (χ4v) is 12.9. The minimum atomic E-state index is -4.04. The Morgan fingerprint density at radius 2 is 1.08 bits per heavy atom. The van der Waals surface area contributed by atoms with Gasteiger partial charge in [0.25, 0.3) is 0 Å². The topological polar surface area (TPSA) is 203 Å². The number of benzene rings is 2. The van der Waals surface area contributed by atoms with Crippen LogP contribution < -0.4 is 0 Å². The molecule has 6 unspecified atom stereocenters. The van der Waals surface area contributed by atoms with Gasteiger partial charge in [0.05, 0.1) is 22.0 Å². The summed E-state index contributed by atoms with van der Waals surface area (Å²) in [4.78, 5) is 0.000637. The Morgan fingerprint density at radius 1 is 0.667 bits per heavy atom. The largest absolute Gasteiger partial charge is 0.508 e. The van der Waals surface area contributed by atoms with E-state index in [2.05, 4.69) is 0 Å². The highest BCUT2D eigenvalue weighted by atomic mass is 32.2. The van der Waals surface area contributed by atoms with Crippen LogP contribution in [0.3, 0.4) is 0 Å². The summed E-state index contributed by atoms with van der Waals surface area (Å²) in [6, 6.07) is 9.59. The Kier molecular flexibility index (Phi) is 15.1. The van der Waals surface area contributed by atoms with Crippen molar-refractivity contribution in [3.63, 3.8) is 0 Å². The fraction of sp³-hybridized carbons (Fsp3) is 0.667. The van der Waals surface area contributed by atoms with Crippen LogP contribution in [0.4, 0.5) is 0 Å². The predicted octanol–water partition coefficient (Wildman–Crippen LogP) is 3.27. The summed E-state index contributed by atoms with van der Waals surface area (Å²) in [5.74, 6) is 0.0244. The van der Waals surface area contributed by atoms with Gasteiger partial charge in [-0.3, -0.25) is 0 Å². The molecule has 12 nitrogen and oxygen atoms in total. The van der Waals surface area contributed by atoms with Crippen LogP contribution in [0.1, 0.15) is 62.5 Å². The molecular formula is C36H58O12SSi2. The zero-order chi connectivity index (χ0) is 37.4. The molecule has 2 saturated carbocycles. The van der Waals surface area contributed by atoms with Crippen LogP contribution >= 0.6 is 0 Å². The van der Waals surface area contributed by atoms with E-state index in [-0.39, 0.29) is 63.7 Å². The summed E-state index contributed by atoms with van der Waals surface area (Å²) >= 11 is 0. The summed E-state index contributed by atoms with van der Waals surface area (Å²) in [5.41, 5.74) is 0.866. The molecule has 0 spiro atoms. The van der Waals surface area contributed by atoms with Crippen molar-refractivity contribution < 1.29 is 57.4 Å². The van der Waals surface area contributed by atoms with E-state index in [1.54, 1.807) is 21.3 Å². The molecule has 0 aliphatic heterocycles. The standard InChI is InChI=1S/C36H58O12SSi2/c1-46-51(47-2,48-3)15-13-26-5-7-28(36(43)17-26)19-30-21-32(9-11-34(30)41)49(44,45)31-8-10-33(40)29(20-31)18-27-6-4-25(16-35(27)42)12-14-50(22-37,23-38)24-39/h8-11,20-21,25-28,35-43H,4-7,12-19,22-24H2,1-3H3. The van der Waals surface area contributed by atoms with Gasteiger partial charge >= 0.3 is 8.80 Å². The molecule has 2 aliphatic rings. The molecule has 0 bridgehead atoms. The minimum absolute atomic E-state index is 0.00299. The van der Waals surface area contributed by atoms with Gasteiger partial charge in [-0.25, -0.2) is 8.42 Å². The molecule has 51 heavy (non-hydrogen) atoms. The summed E-state index contributed by atoms with van der Waals surface area (Å²) < 4.78 is 44.3. The maximum atomic E-state index is 13.9. The number of phenolic OH excluding ortho intramolecular Hbond substituents is 2. The Labute approximate surface area is 304 Å². The first-order valence-electron chi connectivity index (χ1n) is 18.0. The van der Waals surface area contributed by atoms with Crippen molar-refractivity contribution in [2.75, 3.05) is 40.0 Å². The third-order valence-corrected chi connectivity index (χ3v) is 19.6. The summed E-state index contributed by atoms with van der Waals surface area (Å²) in [6.45, 7) is 0. The lowest BCUT2D eigenvalue weighted by atomic mass is 9.76. The predicted molar refractivity (Wildman–Crippen MR) is 195 cm³/mol. The SMILES string of the molecule is CO[Si](CCC1CCC(Cc2cc(S(=O)(=O)c3ccc(O)c(CC4CCC(CC[Si](CO)(CO)CO)CC4O)c3)ccc2O)C(O)C1)(OC)OC. The van der Waals surface area contributed by atoms with Crippen molar-refractivity contribution in [2.45, 2.75) is 98.3 Å². The number of rotatable bonds is 18. The van der Waals surface area contributed by atoms with Gasteiger partial charge in [0.2, 0.25) is 9.84 Å². The number of phenols is 2. The van der Waals surface area contributed by atoms with Gasteiger partial charge in [-0.2, -0.15) is 0 Å². The number of aliphatic hydroxyl groups excluding tert-OH is 5. The monoisotopic (exact) mass is 770 g/mol. The molecule has 2 fully saturated rings. The molecule has 2 aromatic carbocycles. The first-order chi connectivity index (χ1) is 24.3. The zero-order valence-electron chi connectivity index (χ0n) is 30.1. The second-order valence-electron chi connectivity index (χ2n) is 14.9. The lowest BCUT2D eigenvalue weighted by Gasteiger charge is -2.35. The first kappa shape index (κ1) is 41.9. The van der Waals surface area contributed by atoms with E-state index in [4.69, 9.17) is 13.3 Å². The van der Waals surface area contributed by atoms with Crippen LogP contribution in [0, 0.1) is 23.7 Å². The summed E-state index contributed by atoms with van der Waals surface area (Å²) in [7, 11) is -4.54. The van der Waals surface area contributed by atoms with E-state index in [1.165, 1.54) is 36.4 Å². The zero-order valence-corrected chi connectivity index (χ0v) is 32.9. The van der Waals surface area contributed by atoms with Crippen LogP contribution in [0.5, 0.6) is 11.5 Å². The molecule has 288 valence electrons. The average Bonchev–Trinajstić information content (AvgIpc) is 3.13. The third kappa shape index (κ3) is 10.2. The van der Waals surface area contributed by atoms with Gasteiger partial charge in [-0.05, 0) is 129 Å². The van der Waals surface area contributed by atoms with Crippen LogP contribution in [0.15, 0.2) is 46.2 Å². The maximum absolute atomic E-state index is 13.9. The van der Waals surface area contributed by atoms with E-state index < -0.39 is 38.9 Å². The van der Waals surface area contributed by atoms with E-state index >= 15 is 0 Å². The number of hydrogen-bond acceptors (Lipinski definition) is 12. The van der Waals surface area contributed by atoms with Crippen molar-refractivity contribution in [2.24, 2.45) is 23.7 Å². The van der Waals surface area contributed by atoms with Crippen molar-refractivity contribution in [1.82, 2.24) is 0 Å². The van der Waals surface area contributed by atoms with E-state index in [1.807, 2.05) is 0 Å². The molecule has 4 rings (SSSR count). The lowest BCUT2D eigenvalue weighted by Crippen LogP contribution is -2.48. The Morgan fingerprint density at radius 3 is 1.45 bits per heavy atom. The van der Waals surface area contributed by atoms with Crippen LogP contribution in [-0.2, 0) is 36.0 Å². The van der Waals surface area contributed by atoms with Crippen LogP contribution in [0.25, 0.3) is 0 Å². The molecule has 0 aromatic heterocycles. The van der Waals surface area contributed by atoms with Gasteiger partial charge in [-0.1, -0.05) is 12.5 Å². The Balaban J connectivity index is 1.40. The van der Waals surface area contributed by atoms with E-state index in [0.29, 0.717) is 61.7 Å². The van der Waals surface area contributed by atoms with E-state index in [9.17, 15) is 44.2 Å². The lowest BCUT2D eigenvalue weighted by molar-refractivity contribution is 0.0414. The average molecular weight is 771 g/mol. The molecule has 2 aromatic rings. The number of aliphatic hydroxyl groups is 5. The third-order valence-electron chi connectivity index (χ3n) is 11.7. The smallest absolute Gasteiger partial charge is 0.500 e. The van der Waals surface area contributed by atoms with Gasteiger partial charge in [0.1, 0.15) is 19.6 Å². The molecule has 0 amide bonds. The maximum Gasteiger partial charge on any atom is 0.500 e. The first-order valence-corrected chi connectivity index (χ1v) is 24.3. The summed E-state index contributed by atoms with van der Waals surface area (Å²) in [6.07, 6.45) is 4.42. The normalized spacial score (nSPS) is 24.9. The highest BCUT2D eigenvalue weighted by Crippen LogP contribution is 2.39. The Hall–Kier alpha value is -1.90. The number of sulfone groups is 1. The molecule has 0 saturated heterocycles. The second kappa shape index (κ2) is 18.4. The van der Waals surface area contributed by atoms with Crippen molar-refractivity contribution in [3.05, 3.63) is 47.5 Å². The molecular weight excluding hydrogens is 713 g/mol. The molecule has 7 N–H and O–H groups in total. The fourth-order valence-electron chi connectivity index (χ4n) is 7.91. The minimum Gasteiger partial charge on any atom is -0.508 e. The van der Waals surface area contributed by atoms with Gasteiger partial charge in [-0.15, -0.1) is 0 Å². The summed E-state index contributed by atoms with van der Waals surface area (Å²) in [5, 5.41) is 72.6. The van der Waals surface area contributed by atoms with Crippen molar-refractivity contribution in [1.29, 1.82) is 0 Å². The molecule has 15 heteroatoms. The van der Waals surface area contributed by atoms with Crippen LogP contribution in [-0.4, -0.2) is 113 Å². The van der Waals surface area contributed by atoms with E-state index in [0.717, 1.165) is 25.7 Å². The van der Waals surface area contributed by atoms with Crippen molar-refractivity contribution in [3.8, 4) is 11.5 Å². The Bertz CT molecular complexity index is 1400. The number of hydrogen-bond donors (Lipinski definition) is 7. The highest BCUT2D eigenvalue weighted by molar-refractivity contribution is 7.91. The molecule has 0 heterocycles. The van der Waals surface area contributed by atoms with Gasteiger partial charge in [0.15, 0.2) is 0 Å². The molecule has 2 aliphatic carbocycles. The van der Waals surface area contributed by atoms with Crippen molar-refractivity contribution >= 4 is 26.7 Å².